The fourth-order valence-electron chi connectivity index (χ4n) is 3.34. The van der Waals surface area contributed by atoms with Crippen molar-refractivity contribution in [2.24, 2.45) is 11.3 Å². The highest BCUT2D eigenvalue weighted by molar-refractivity contribution is 4.89. The molecule has 0 aromatic heterocycles. The largest absolute Gasteiger partial charge is 0.314 e. The van der Waals surface area contributed by atoms with Crippen molar-refractivity contribution in [2.45, 2.75) is 52.5 Å². The Morgan fingerprint density at radius 2 is 1.88 bits per heavy atom. The molecule has 1 aliphatic heterocycles. The molecule has 2 fully saturated rings. The maximum absolute atomic E-state index is 3.55. The van der Waals surface area contributed by atoms with Gasteiger partial charge in [-0.25, -0.2) is 0 Å². The van der Waals surface area contributed by atoms with Gasteiger partial charge in [-0.15, -0.1) is 0 Å². The molecule has 1 aliphatic carbocycles. The van der Waals surface area contributed by atoms with Gasteiger partial charge in [-0.2, -0.15) is 0 Å². The van der Waals surface area contributed by atoms with Crippen LogP contribution in [-0.2, 0) is 0 Å². The first-order valence-electron chi connectivity index (χ1n) is 7.02. The first-order valence-corrected chi connectivity index (χ1v) is 7.02. The van der Waals surface area contributed by atoms with E-state index in [1.807, 2.05) is 0 Å². The van der Waals surface area contributed by atoms with Gasteiger partial charge in [0.1, 0.15) is 0 Å². The lowest BCUT2D eigenvalue weighted by Crippen LogP contribution is -2.57. The SMILES string of the molecule is CC(C)(C)C1CNCCN1CC1CCCC1. The number of rotatable bonds is 2. The molecule has 2 rings (SSSR count). The third-order valence-electron chi connectivity index (χ3n) is 4.32. The van der Waals surface area contributed by atoms with E-state index in [1.165, 1.54) is 51.9 Å². The highest BCUT2D eigenvalue weighted by Crippen LogP contribution is 2.30. The summed E-state index contributed by atoms with van der Waals surface area (Å²) < 4.78 is 0. The molecule has 0 aromatic rings. The molecule has 2 nitrogen and oxygen atoms in total. The summed E-state index contributed by atoms with van der Waals surface area (Å²) in [6.45, 7) is 12.1. The summed E-state index contributed by atoms with van der Waals surface area (Å²) in [6, 6.07) is 0.724. The molecule has 0 bridgehead atoms. The van der Waals surface area contributed by atoms with Gasteiger partial charge in [0.15, 0.2) is 0 Å². The second-order valence-electron chi connectivity index (χ2n) is 6.73. The molecular formula is C14H28N2. The maximum Gasteiger partial charge on any atom is 0.0269 e. The van der Waals surface area contributed by atoms with Gasteiger partial charge in [0.05, 0.1) is 0 Å². The minimum Gasteiger partial charge on any atom is -0.314 e. The number of nitrogens with one attached hydrogen (secondary N) is 1. The number of nitrogens with zero attached hydrogens (tertiary/aromatic N) is 1. The van der Waals surface area contributed by atoms with Gasteiger partial charge < -0.3 is 5.32 Å². The van der Waals surface area contributed by atoms with Crippen molar-refractivity contribution in [1.82, 2.24) is 10.2 Å². The van der Waals surface area contributed by atoms with Crippen LogP contribution >= 0.6 is 0 Å². The summed E-state index contributed by atoms with van der Waals surface area (Å²) in [4.78, 5) is 2.76. The fraction of sp³-hybridized carbons (Fsp3) is 1.00. The second kappa shape index (κ2) is 5.05. The molecule has 2 heteroatoms. The van der Waals surface area contributed by atoms with E-state index < -0.39 is 0 Å². The van der Waals surface area contributed by atoms with Crippen LogP contribution in [0, 0.1) is 11.3 Å². The average molecular weight is 224 g/mol. The molecule has 1 saturated carbocycles. The van der Waals surface area contributed by atoms with Gasteiger partial charge in [-0.05, 0) is 24.2 Å². The van der Waals surface area contributed by atoms with E-state index >= 15 is 0 Å². The van der Waals surface area contributed by atoms with Crippen LogP contribution < -0.4 is 5.32 Å². The minimum atomic E-state index is 0.409. The highest BCUT2D eigenvalue weighted by atomic mass is 15.2. The van der Waals surface area contributed by atoms with Crippen LogP contribution in [0.15, 0.2) is 0 Å². The third-order valence-corrected chi connectivity index (χ3v) is 4.32. The van der Waals surface area contributed by atoms with E-state index in [0.29, 0.717) is 5.41 Å². The molecule has 2 aliphatic rings. The normalized spacial score (nSPS) is 29.8. The highest BCUT2D eigenvalue weighted by Gasteiger charge is 2.33. The Morgan fingerprint density at radius 3 is 2.50 bits per heavy atom. The molecule has 16 heavy (non-hydrogen) atoms. The summed E-state index contributed by atoms with van der Waals surface area (Å²) in [6.07, 6.45) is 5.88. The van der Waals surface area contributed by atoms with Crippen LogP contribution in [0.3, 0.4) is 0 Å². The minimum absolute atomic E-state index is 0.409. The van der Waals surface area contributed by atoms with Crippen molar-refractivity contribution in [3.05, 3.63) is 0 Å². The van der Waals surface area contributed by atoms with Crippen LogP contribution in [-0.4, -0.2) is 37.1 Å². The van der Waals surface area contributed by atoms with E-state index in [0.717, 1.165) is 12.0 Å². The Bertz CT molecular complexity index is 213. The van der Waals surface area contributed by atoms with Crippen LogP contribution in [0.4, 0.5) is 0 Å². The summed E-state index contributed by atoms with van der Waals surface area (Å²) in [7, 11) is 0. The van der Waals surface area contributed by atoms with Gasteiger partial charge in [0, 0.05) is 32.2 Å². The molecule has 0 radical (unpaired) electrons. The first-order chi connectivity index (χ1) is 7.57. The Balaban J connectivity index is 1.93. The summed E-state index contributed by atoms with van der Waals surface area (Å²) in [5.41, 5.74) is 0.409. The zero-order valence-corrected chi connectivity index (χ0v) is 11.3. The molecule has 1 heterocycles. The van der Waals surface area contributed by atoms with Crippen molar-refractivity contribution in [3.63, 3.8) is 0 Å². The van der Waals surface area contributed by atoms with Crippen molar-refractivity contribution in [3.8, 4) is 0 Å². The average Bonchev–Trinajstić information content (AvgIpc) is 2.70. The Morgan fingerprint density at radius 1 is 1.19 bits per heavy atom. The smallest absolute Gasteiger partial charge is 0.0269 e. The monoisotopic (exact) mass is 224 g/mol. The zero-order chi connectivity index (χ0) is 11.6. The molecule has 1 N–H and O–H groups in total. The second-order valence-corrected chi connectivity index (χ2v) is 6.73. The van der Waals surface area contributed by atoms with E-state index in [1.54, 1.807) is 0 Å². The van der Waals surface area contributed by atoms with Crippen LogP contribution in [0.25, 0.3) is 0 Å². The van der Waals surface area contributed by atoms with Gasteiger partial charge >= 0.3 is 0 Å². The quantitative estimate of drug-likeness (QED) is 0.775. The van der Waals surface area contributed by atoms with Crippen molar-refractivity contribution in [1.29, 1.82) is 0 Å². The standard InChI is InChI=1S/C14H28N2/c1-14(2,3)13-10-15-8-9-16(13)11-12-6-4-5-7-12/h12-13,15H,4-11H2,1-3H3. The van der Waals surface area contributed by atoms with Crippen LogP contribution in [0.1, 0.15) is 46.5 Å². The molecule has 1 unspecified atom stereocenters. The Kier molecular flexibility index (Phi) is 3.91. The van der Waals surface area contributed by atoms with Crippen LogP contribution in [0.2, 0.25) is 0 Å². The molecule has 0 amide bonds. The third kappa shape index (κ3) is 2.98. The van der Waals surface area contributed by atoms with Gasteiger partial charge in [-0.1, -0.05) is 33.6 Å². The maximum atomic E-state index is 3.55. The molecule has 94 valence electrons. The summed E-state index contributed by atoms with van der Waals surface area (Å²) in [5, 5.41) is 3.55. The zero-order valence-electron chi connectivity index (χ0n) is 11.3. The Labute approximate surface area is 101 Å². The summed E-state index contributed by atoms with van der Waals surface area (Å²) in [5.74, 6) is 0.989. The predicted octanol–water partition coefficient (Wildman–Crippen LogP) is 2.50. The van der Waals surface area contributed by atoms with E-state index in [9.17, 15) is 0 Å². The molecule has 0 spiro atoms. The fourth-order valence-corrected chi connectivity index (χ4v) is 3.34. The topological polar surface area (TPSA) is 15.3 Å². The lowest BCUT2D eigenvalue weighted by atomic mass is 9.84. The molecule has 1 saturated heterocycles. The summed E-state index contributed by atoms with van der Waals surface area (Å²) >= 11 is 0. The van der Waals surface area contributed by atoms with Gasteiger partial charge in [0.2, 0.25) is 0 Å². The number of piperazine rings is 1. The lowest BCUT2D eigenvalue weighted by Gasteiger charge is -2.44. The van der Waals surface area contributed by atoms with E-state index in [2.05, 4.69) is 31.0 Å². The van der Waals surface area contributed by atoms with E-state index in [-0.39, 0.29) is 0 Å². The number of hydrogen-bond donors (Lipinski definition) is 1. The Hall–Kier alpha value is -0.0800. The lowest BCUT2D eigenvalue weighted by molar-refractivity contribution is 0.0619. The molecule has 0 aromatic carbocycles. The predicted molar refractivity (Wildman–Crippen MR) is 69.6 cm³/mol. The molecular weight excluding hydrogens is 196 g/mol. The van der Waals surface area contributed by atoms with Gasteiger partial charge in [0.25, 0.3) is 0 Å². The van der Waals surface area contributed by atoms with Crippen molar-refractivity contribution in [2.75, 3.05) is 26.2 Å². The van der Waals surface area contributed by atoms with E-state index in [4.69, 9.17) is 0 Å². The van der Waals surface area contributed by atoms with Crippen LogP contribution in [0.5, 0.6) is 0 Å². The molecule has 1 atom stereocenters. The van der Waals surface area contributed by atoms with Gasteiger partial charge in [-0.3, -0.25) is 4.90 Å². The first kappa shape index (κ1) is 12.4. The van der Waals surface area contributed by atoms with Crippen molar-refractivity contribution >= 4 is 0 Å². The number of hydrogen-bond acceptors (Lipinski definition) is 2. The van der Waals surface area contributed by atoms with Crippen molar-refractivity contribution < 1.29 is 0 Å².